The van der Waals surface area contributed by atoms with Gasteiger partial charge >= 0.3 is 5.97 Å². The van der Waals surface area contributed by atoms with Gasteiger partial charge in [-0.2, -0.15) is 0 Å². The van der Waals surface area contributed by atoms with Crippen LogP contribution >= 0.6 is 11.3 Å². The van der Waals surface area contributed by atoms with Crippen LogP contribution in [0.4, 0.5) is 5.13 Å². The first-order chi connectivity index (χ1) is 12.0. The summed E-state index contributed by atoms with van der Waals surface area (Å²) in [7, 11) is 2.89. The minimum absolute atomic E-state index is 0.0877. The molecule has 25 heavy (non-hydrogen) atoms. The lowest BCUT2D eigenvalue weighted by Gasteiger charge is -2.03. The predicted molar refractivity (Wildman–Crippen MR) is 91.9 cm³/mol. The molecule has 2 aromatic heterocycles. The topological polar surface area (TPSA) is 111 Å². The van der Waals surface area contributed by atoms with E-state index in [1.165, 1.54) is 38.6 Å². The maximum absolute atomic E-state index is 12.3. The number of carbonyl (C=O) groups excluding carboxylic acids is 1. The van der Waals surface area contributed by atoms with Gasteiger partial charge in [0, 0.05) is 17.8 Å². The van der Waals surface area contributed by atoms with Crippen LogP contribution in [0.2, 0.25) is 0 Å². The van der Waals surface area contributed by atoms with E-state index in [4.69, 9.17) is 14.6 Å². The number of carbonyl (C=O) groups is 2. The van der Waals surface area contributed by atoms with Crippen LogP contribution in [0.25, 0.3) is 10.2 Å². The van der Waals surface area contributed by atoms with E-state index in [0.29, 0.717) is 32.5 Å². The third-order valence-corrected chi connectivity index (χ3v) is 4.27. The summed E-state index contributed by atoms with van der Waals surface area (Å²) in [5, 5.41) is 12.2. The summed E-state index contributed by atoms with van der Waals surface area (Å²) in [6.07, 6.45) is 1.47. The Morgan fingerprint density at radius 3 is 2.64 bits per heavy atom. The summed E-state index contributed by atoms with van der Waals surface area (Å²) in [4.78, 5) is 31.8. The lowest BCUT2D eigenvalue weighted by molar-refractivity contribution is 0.0696. The molecule has 1 aromatic carbocycles. The molecule has 128 valence electrons. The van der Waals surface area contributed by atoms with Crippen LogP contribution < -0.4 is 14.8 Å². The second kappa shape index (κ2) is 6.73. The van der Waals surface area contributed by atoms with Gasteiger partial charge in [-0.25, -0.2) is 14.8 Å². The molecular formula is C16H13N3O5S. The monoisotopic (exact) mass is 359 g/mol. The van der Waals surface area contributed by atoms with Crippen molar-refractivity contribution in [2.24, 2.45) is 0 Å². The summed E-state index contributed by atoms with van der Waals surface area (Å²) in [5.41, 5.74) is 0.939. The SMILES string of the molecule is COc1cc(C(=O)Nc2nc3c(OC)cc(C(=O)O)cc3s2)ccn1. The first kappa shape index (κ1) is 16.7. The van der Waals surface area contributed by atoms with Gasteiger partial charge in [-0.05, 0) is 18.2 Å². The highest BCUT2D eigenvalue weighted by Gasteiger charge is 2.16. The standard InChI is InChI=1S/C16H13N3O5S/c1-23-10-5-9(15(21)22)6-11-13(10)18-16(25-11)19-14(20)8-3-4-17-12(7-8)24-2/h3-7H,1-2H3,(H,21,22)(H,18,19,20). The quantitative estimate of drug-likeness (QED) is 0.720. The van der Waals surface area contributed by atoms with Crippen molar-refractivity contribution in [1.29, 1.82) is 0 Å². The fourth-order valence-corrected chi connectivity index (χ4v) is 3.08. The number of methoxy groups -OCH3 is 2. The molecule has 0 aliphatic heterocycles. The minimum Gasteiger partial charge on any atom is -0.494 e. The van der Waals surface area contributed by atoms with Crippen molar-refractivity contribution in [2.45, 2.75) is 0 Å². The molecule has 2 heterocycles. The van der Waals surface area contributed by atoms with Crippen LogP contribution in [0.15, 0.2) is 30.5 Å². The summed E-state index contributed by atoms with van der Waals surface area (Å²) in [5.74, 6) is -0.790. The highest BCUT2D eigenvalue weighted by atomic mass is 32.1. The smallest absolute Gasteiger partial charge is 0.335 e. The van der Waals surface area contributed by atoms with Crippen molar-refractivity contribution in [1.82, 2.24) is 9.97 Å². The lowest BCUT2D eigenvalue weighted by atomic mass is 10.2. The number of rotatable bonds is 5. The van der Waals surface area contributed by atoms with Gasteiger partial charge < -0.3 is 14.6 Å². The summed E-state index contributed by atoms with van der Waals surface area (Å²) < 4.78 is 10.8. The van der Waals surface area contributed by atoms with Crippen molar-refractivity contribution < 1.29 is 24.2 Å². The fraction of sp³-hybridized carbons (Fsp3) is 0.125. The van der Waals surface area contributed by atoms with E-state index in [2.05, 4.69) is 15.3 Å². The zero-order valence-electron chi connectivity index (χ0n) is 13.3. The summed E-state index contributed by atoms with van der Waals surface area (Å²) in [6.45, 7) is 0. The molecule has 1 amide bonds. The van der Waals surface area contributed by atoms with E-state index in [1.807, 2.05) is 0 Å². The zero-order valence-corrected chi connectivity index (χ0v) is 14.1. The molecule has 0 radical (unpaired) electrons. The Morgan fingerprint density at radius 2 is 1.96 bits per heavy atom. The molecule has 0 fully saturated rings. The molecule has 3 rings (SSSR count). The second-order valence-corrected chi connectivity index (χ2v) is 5.92. The first-order valence-electron chi connectivity index (χ1n) is 7.05. The molecule has 0 spiro atoms. The van der Waals surface area contributed by atoms with Crippen LogP contribution in [0, 0.1) is 0 Å². The number of nitrogens with zero attached hydrogens (tertiary/aromatic N) is 2. The van der Waals surface area contributed by atoms with E-state index in [-0.39, 0.29) is 11.5 Å². The van der Waals surface area contributed by atoms with E-state index in [1.54, 1.807) is 6.07 Å². The Hall–Kier alpha value is -3.20. The first-order valence-corrected chi connectivity index (χ1v) is 7.86. The lowest BCUT2D eigenvalue weighted by Crippen LogP contribution is -2.11. The molecule has 9 heteroatoms. The van der Waals surface area contributed by atoms with Crippen molar-refractivity contribution >= 4 is 38.6 Å². The number of aromatic nitrogens is 2. The summed E-state index contributed by atoms with van der Waals surface area (Å²) >= 11 is 1.16. The maximum atomic E-state index is 12.3. The Balaban J connectivity index is 1.93. The Kier molecular flexibility index (Phi) is 4.48. The molecule has 0 atom stereocenters. The van der Waals surface area contributed by atoms with E-state index in [0.717, 1.165) is 11.3 Å². The summed E-state index contributed by atoms with van der Waals surface area (Å²) in [6, 6.07) is 5.94. The van der Waals surface area contributed by atoms with Crippen LogP contribution in [-0.4, -0.2) is 41.2 Å². The molecule has 2 N–H and O–H groups in total. The highest BCUT2D eigenvalue weighted by Crippen LogP contribution is 2.34. The number of nitrogens with one attached hydrogen (secondary N) is 1. The third-order valence-electron chi connectivity index (χ3n) is 3.35. The molecule has 0 aliphatic carbocycles. The Bertz CT molecular complexity index is 970. The number of hydrogen-bond donors (Lipinski definition) is 2. The molecular weight excluding hydrogens is 346 g/mol. The number of carboxylic acid groups (broad SMARTS) is 1. The van der Waals surface area contributed by atoms with Crippen molar-refractivity contribution in [2.75, 3.05) is 19.5 Å². The average molecular weight is 359 g/mol. The van der Waals surface area contributed by atoms with Gasteiger partial charge in [-0.3, -0.25) is 10.1 Å². The molecule has 0 saturated carbocycles. The highest BCUT2D eigenvalue weighted by molar-refractivity contribution is 7.22. The number of thiazole rings is 1. The number of ether oxygens (including phenoxy) is 2. The molecule has 8 nitrogen and oxygen atoms in total. The van der Waals surface area contributed by atoms with Crippen molar-refractivity contribution in [3.8, 4) is 11.6 Å². The third kappa shape index (κ3) is 3.36. The van der Waals surface area contributed by atoms with Crippen LogP contribution in [-0.2, 0) is 0 Å². The molecule has 0 aliphatic rings. The maximum Gasteiger partial charge on any atom is 0.335 e. The Morgan fingerprint density at radius 1 is 1.16 bits per heavy atom. The van der Waals surface area contributed by atoms with Crippen molar-refractivity contribution in [3.05, 3.63) is 41.6 Å². The van der Waals surface area contributed by atoms with Crippen LogP contribution in [0.1, 0.15) is 20.7 Å². The Labute approximate surface area is 146 Å². The largest absolute Gasteiger partial charge is 0.494 e. The van der Waals surface area contributed by atoms with Gasteiger partial charge in [0.2, 0.25) is 5.88 Å². The van der Waals surface area contributed by atoms with Gasteiger partial charge in [0.15, 0.2) is 5.13 Å². The number of pyridine rings is 1. The molecule has 0 unspecified atom stereocenters. The minimum atomic E-state index is -1.07. The molecule has 0 saturated heterocycles. The number of carboxylic acids is 1. The van der Waals surface area contributed by atoms with Crippen LogP contribution in [0.3, 0.4) is 0 Å². The second-order valence-electron chi connectivity index (χ2n) is 4.89. The van der Waals surface area contributed by atoms with E-state index >= 15 is 0 Å². The van der Waals surface area contributed by atoms with Crippen molar-refractivity contribution in [3.63, 3.8) is 0 Å². The zero-order chi connectivity index (χ0) is 18.0. The van der Waals surface area contributed by atoms with Crippen LogP contribution in [0.5, 0.6) is 11.6 Å². The normalized spacial score (nSPS) is 10.5. The molecule has 3 aromatic rings. The number of amides is 1. The average Bonchev–Trinajstić information content (AvgIpc) is 3.03. The number of hydrogen-bond acceptors (Lipinski definition) is 7. The number of aromatic carboxylic acids is 1. The van der Waals surface area contributed by atoms with Gasteiger partial charge in [0.25, 0.3) is 5.91 Å². The van der Waals surface area contributed by atoms with E-state index < -0.39 is 5.97 Å². The number of fused-ring (bicyclic) bond motifs is 1. The molecule has 0 bridgehead atoms. The van der Waals surface area contributed by atoms with Gasteiger partial charge in [0.1, 0.15) is 11.3 Å². The fourth-order valence-electron chi connectivity index (χ4n) is 2.16. The van der Waals surface area contributed by atoms with Gasteiger partial charge in [0.05, 0.1) is 24.5 Å². The van der Waals surface area contributed by atoms with Gasteiger partial charge in [-0.15, -0.1) is 0 Å². The predicted octanol–water partition coefficient (Wildman–Crippen LogP) is 2.66. The number of anilines is 1. The van der Waals surface area contributed by atoms with Gasteiger partial charge in [-0.1, -0.05) is 11.3 Å². The van der Waals surface area contributed by atoms with E-state index in [9.17, 15) is 9.59 Å². The number of benzene rings is 1.